The lowest BCUT2D eigenvalue weighted by molar-refractivity contribution is -0.385. The summed E-state index contributed by atoms with van der Waals surface area (Å²) in [7, 11) is 0. The number of aromatic nitrogens is 1. The molecule has 1 aromatic heterocycles. The van der Waals surface area contributed by atoms with Crippen molar-refractivity contribution in [2.24, 2.45) is 0 Å². The molecular formula is C12H9BrN2O4S2. The van der Waals surface area contributed by atoms with Crippen molar-refractivity contribution in [1.29, 1.82) is 0 Å². The molecule has 1 N–H and O–H groups in total. The van der Waals surface area contributed by atoms with E-state index in [2.05, 4.69) is 20.9 Å². The molecule has 0 bridgehead atoms. The molecule has 0 unspecified atom stereocenters. The number of carboxylic acids is 1. The fourth-order valence-electron chi connectivity index (χ4n) is 1.58. The number of carbonyl (C=O) groups is 1. The lowest BCUT2D eigenvalue weighted by Gasteiger charge is -2.04. The van der Waals surface area contributed by atoms with Gasteiger partial charge in [0.05, 0.1) is 17.0 Å². The number of aliphatic carboxylic acids is 1. The third kappa shape index (κ3) is 4.02. The molecule has 2 rings (SSSR count). The van der Waals surface area contributed by atoms with Gasteiger partial charge in [0.1, 0.15) is 0 Å². The van der Waals surface area contributed by atoms with Gasteiger partial charge in [-0.2, -0.15) is 0 Å². The van der Waals surface area contributed by atoms with Crippen molar-refractivity contribution in [3.05, 3.63) is 43.4 Å². The Kier molecular flexibility index (Phi) is 4.96. The largest absolute Gasteiger partial charge is 0.481 e. The van der Waals surface area contributed by atoms with E-state index < -0.39 is 10.9 Å². The summed E-state index contributed by atoms with van der Waals surface area (Å²) in [5.74, 6) is -0.927. The van der Waals surface area contributed by atoms with Crippen LogP contribution in [0.4, 0.5) is 5.69 Å². The van der Waals surface area contributed by atoms with Crippen molar-refractivity contribution in [2.45, 2.75) is 22.6 Å². The first-order valence-electron chi connectivity index (χ1n) is 5.65. The molecule has 0 aliphatic carbocycles. The molecule has 1 aromatic carbocycles. The van der Waals surface area contributed by atoms with Crippen LogP contribution in [-0.2, 0) is 11.2 Å². The number of rotatable bonds is 5. The van der Waals surface area contributed by atoms with Crippen LogP contribution in [0.1, 0.15) is 11.3 Å². The van der Waals surface area contributed by atoms with Gasteiger partial charge in [0.2, 0.25) is 0 Å². The highest BCUT2D eigenvalue weighted by molar-refractivity contribution is 9.10. The molecule has 1 heterocycles. The van der Waals surface area contributed by atoms with Crippen molar-refractivity contribution in [3.63, 3.8) is 0 Å². The number of halogens is 1. The van der Waals surface area contributed by atoms with Crippen LogP contribution in [0.15, 0.2) is 31.2 Å². The number of nitrogens with zero attached hydrogens (tertiary/aromatic N) is 2. The van der Waals surface area contributed by atoms with Gasteiger partial charge in [0.15, 0.2) is 4.34 Å². The van der Waals surface area contributed by atoms with Gasteiger partial charge < -0.3 is 5.11 Å². The molecule has 6 nitrogen and oxygen atoms in total. The Morgan fingerprint density at radius 1 is 1.57 bits per heavy atom. The Labute approximate surface area is 136 Å². The first-order chi connectivity index (χ1) is 9.86. The van der Waals surface area contributed by atoms with Crippen LogP contribution < -0.4 is 0 Å². The molecule has 0 atom stereocenters. The van der Waals surface area contributed by atoms with E-state index in [0.29, 0.717) is 20.1 Å². The number of benzene rings is 1. The predicted molar refractivity (Wildman–Crippen MR) is 83.1 cm³/mol. The van der Waals surface area contributed by atoms with Gasteiger partial charge in [-0.15, -0.1) is 11.3 Å². The fourth-order valence-corrected chi connectivity index (χ4v) is 4.05. The molecule has 0 saturated heterocycles. The quantitative estimate of drug-likeness (QED) is 0.616. The Morgan fingerprint density at radius 2 is 2.29 bits per heavy atom. The van der Waals surface area contributed by atoms with E-state index in [1.165, 1.54) is 29.2 Å². The number of nitro groups is 1. The molecule has 0 fully saturated rings. The van der Waals surface area contributed by atoms with Crippen LogP contribution in [-0.4, -0.2) is 21.0 Å². The van der Waals surface area contributed by atoms with E-state index in [0.717, 1.165) is 4.90 Å². The molecule has 110 valence electrons. The highest BCUT2D eigenvalue weighted by Gasteiger charge is 2.16. The van der Waals surface area contributed by atoms with E-state index in [1.54, 1.807) is 18.4 Å². The molecule has 21 heavy (non-hydrogen) atoms. The van der Waals surface area contributed by atoms with Crippen LogP contribution in [0.5, 0.6) is 0 Å². The van der Waals surface area contributed by atoms with Gasteiger partial charge in [-0.3, -0.25) is 14.9 Å². The summed E-state index contributed by atoms with van der Waals surface area (Å²) in [5, 5.41) is 21.3. The van der Waals surface area contributed by atoms with Crippen molar-refractivity contribution in [3.8, 4) is 0 Å². The number of hydrogen-bond acceptors (Lipinski definition) is 6. The maximum Gasteiger partial charge on any atom is 0.309 e. The van der Waals surface area contributed by atoms with Crippen LogP contribution in [0.3, 0.4) is 0 Å². The third-order valence-corrected chi connectivity index (χ3v) is 5.47. The second-order valence-electron chi connectivity index (χ2n) is 4.10. The number of nitro benzene ring substituents is 1. The summed E-state index contributed by atoms with van der Waals surface area (Å²) >= 11 is 6.00. The first kappa shape index (κ1) is 15.9. The Bertz CT molecular complexity index is 717. The molecule has 0 amide bonds. The number of carboxylic acid groups (broad SMARTS) is 1. The maximum absolute atomic E-state index is 10.9. The van der Waals surface area contributed by atoms with E-state index >= 15 is 0 Å². The molecule has 0 radical (unpaired) electrons. The van der Waals surface area contributed by atoms with Crippen LogP contribution in [0.2, 0.25) is 0 Å². The van der Waals surface area contributed by atoms with Gasteiger partial charge >= 0.3 is 5.97 Å². The highest BCUT2D eigenvalue weighted by Crippen LogP contribution is 2.38. The van der Waals surface area contributed by atoms with Gasteiger partial charge in [-0.1, -0.05) is 11.8 Å². The second kappa shape index (κ2) is 6.54. The Morgan fingerprint density at radius 3 is 2.90 bits per heavy atom. The fraction of sp³-hybridized carbons (Fsp3) is 0.167. The predicted octanol–water partition coefficient (Wildman–Crippen LogP) is 3.90. The van der Waals surface area contributed by atoms with Crippen LogP contribution in [0, 0.1) is 17.0 Å². The zero-order valence-corrected chi connectivity index (χ0v) is 13.9. The van der Waals surface area contributed by atoms with Gasteiger partial charge in [-0.25, -0.2) is 4.98 Å². The minimum atomic E-state index is -0.927. The lowest BCUT2D eigenvalue weighted by Crippen LogP contribution is -1.99. The average molecular weight is 389 g/mol. The standard InChI is InChI=1S/C12H9BrN2O4S2/c1-6-2-10(8(13)4-9(6)15(18)19)21-12-14-7(5-20-12)3-11(16)17/h2,4-5H,3H2,1H3,(H,16,17). The van der Waals surface area contributed by atoms with Crippen LogP contribution >= 0.6 is 39.0 Å². The highest BCUT2D eigenvalue weighted by atomic mass is 79.9. The molecule has 0 aliphatic rings. The SMILES string of the molecule is Cc1cc(Sc2nc(CC(=O)O)cs2)c(Br)cc1[N+](=O)[O-]. The molecule has 0 saturated carbocycles. The number of aryl methyl sites for hydroxylation is 1. The van der Waals surface area contributed by atoms with Gasteiger partial charge in [0, 0.05) is 26.4 Å². The average Bonchev–Trinajstić information content (AvgIpc) is 2.79. The van der Waals surface area contributed by atoms with Crippen molar-refractivity contribution < 1.29 is 14.8 Å². The van der Waals surface area contributed by atoms with E-state index in [9.17, 15) is 14.9 Å². The van der Waals surface area contributed by atoms with Crippen molar-refractivity contribution in [1.82, 2.24) is 4.98 Å². The molecule has 0 aliphatic heterocycles. The summed E-state index contributed by atoms with van der Waals surface area (Å²) in [6.07, 6.45) is -0.114. The minimum absolute atomic E-state index is 0.0527. The minimum Gasteiger partial charge on any atom is -0.481 e. The summed E-state index contributed by atoms with van der Waals surface area (Å²) in [6, 6.07) is 3.18. The Hall–Kier alpha value is -1.45. The first-order valence-corrected chi connectivity index (χ1v) is 8.14. The smallest absolute Gasteiger partial charge is 0.309 e. The summed E-state index contributed by atoms with van der Waals surface area (Å²) in [5.41, 5.74) is 1.12. The van der Waals surface area contributed by atoms with Gasteiger partial charge in [-0.05, 0) is 28.9 Å². The van der Waals surface area contributed by atoms with E-state index in [4.69, 9.17) is 5.11 Å². The Balaban J connectivity index is 2.23. The summed E-state index contributed by atoms with van der Waals surface area (Å²) in [6.45, 7) is 1.67. The lowest BCUT2D eigenvalue weighted by atomic mass is 10.2. The van der Waals surface area contributed by atoms with Crippen molar-refractivity contribution in [2.75, 3.05) is 0 Å². The van der Waals surface area contributed by atoms with E-state index in [-0.39, 0.29) is 12.1 Å². The zero-order chi connectivity index (χ0) is 15.6. The van der Waals surface area contributed by atoms with Gasteiger partial charge in [0.25, 0.3) is 5.69 Å². The summed E-state index contributed by atoms with van der Waals surface area (Å²) < 4.78 is 1.31. The molecule has 0 spiro atoms. The normalized spacial score (nSPS) is 10.6. The van der Waals surface area contributed by atoms with E-state index in [1.807, 2.05) is 0 Å². The topological polar surface area (TPSA) is 93.3 Å². The molecule has 2 aromatic rings. The van der Waals surface area contributed by atoms with Crippen molar-refractivity contribution >= 4 is 50.7 Å². The maximum atomic E-state index is 10.9. The molecule has 9 heteroatoms. The number of thiazole rings is 1. The molecular weight excluding hydrogens is 380 g/mol. The third-order valence-electron chi connectivity index (χ3n) is 2.51. The second-order valence-corrected chi connectivity index (χ2v) is 7.11. The van der Waals surface area contributed by atoms with Crippen LogP contribution in [0.25, 0.3) is 0 Å². The monoisotopic (exact) mass is 388 g/mol. The summed E-state index contributed by atoms with van der Waals surface area (Å²) in [4.78, 5) is 26.1. The number of hydrogen-bond donors (Lipinski definition) is 1. The zero-order valence-electron chi connectivity index (χ0n) is 10.7.